The molecule has 0 amide bonds. The van der Waals surface area contributed by atoms with Gasteiger partial charge in [0.1, 0.15) is 5.75 Å². The maximum Gasteiger partial charge on any atom is 0.430 e. The highest BCUT2D eigenvalue weighted by atomic mass is 79.9. The van der Waals surface area contributed by atoms with Crippen molar-refractivity contribution in [3.63, 3.8) is 0 Å². The second-order valence-corrected chi connectivity index (χ2v) is 5.37. The van der Waals surface area contributed by atoms with Crippen LogP contribution in [-0.2, 0) is 5.60 Å². The lowest BCUT2D eigenvalue weighted by Crippen LogP contribution is -2.53. The summed E-state index contributed by atoms with van der Waals surface area (Å²) in [5.41, 5.74) is -6.32. The van der Waals surface area contributed by atoms with Gasteiger partial charge in [0.2, 0.25) is 0 Å². The summed E-state index contributed by atoms with van der Waals surface area (Å²) in [7, 11) is 0. The van der Waals surface area contributed by atoms with E-state index in [1.165, 1.54) is 0 Å². The van der Waals surface area contributed by atoms with Gasteiger partial charge in [-0.15, -0.1) is 0 Å². The van der Waals surface area contributed by atoms with Crippen molar-refractivity contribution in [2.45, 2.75) is 37.9 Å². The summed E-state index contributed by atoms with van der Waals surface area (Å²) in [5, 5.41) is 9.28. The van der Waals surface area contributed by atoms with Gasteiger partial charge in [-0.25, -0.2) is 0 Å². The number of alkyl halides is 6. The summed E-state index contributed by atoms with van der Waals surface area (Å²) >= 11 is 2.96. The number of hydrogen-bond acceptors (Lipinski definition) is 2. The maximum atomic E-state index is 12.8. The van der Waals surface area contributed by atoms with Crippen LogP contribution in [-0.4, -0.2) is 23.6 Å². The van der Waals surface area contributed by atoms with Gasteiger partial charge in [0.15, 0.2) is 0 Å². The highest BCUT2D eigenvalue weighted by molar-refractivity contribution is 9.10. The van der Waals surface area contributed by atoms with Crippen LogP contribution >= 0.6 is 15.9 Å². The number of halogens is 7. The standard InChI is InChI=1S/C12H11BrF6O2/c1-6(2)21-9-5-7(3-4-8(9)13)10(20,11(14,15)16)12(17,18)19/h3-6,20H,1-2H3. The van der Waals surface area contributed by atoms with E-state index in [-0.39, 0.29) is 10.2 Å². The van der Waals surface area contributed by atoms with Gasteiger partial charge in [0.25, 0.3) is 5.60 Å². The molecule has 0 spiro atoms. The molecule has 2 nitrogen and oxygen atoms in total. The fourth-order valence-corrected chi connectivity index (χ4v) is 1.90. The number of hydrogen-bond donors (Lipinski definition) is 1. The molecular formula is C12H11BrF6O2. The van der Waals surface area contributed by atoms with Crippen molar-refractivity contribution in [3.8, 4) is 5.75 Å². The van der Waals surface area contributed by atoms with Gasteiger partial charge in [0.05, 0.1) is 10.6 Å². The fraction of sp³-hybridized carbons (Fsp3) is 0.500. The molecule has 1 aromatic rings. The molecule has 0 aliphatic carbocycles. The lowest BCUT2D eigenvalue weighted by atomic mass is 9.92. The van der Waals surface area contributed by atoms with Crippen LogP contribution in [0.25, 0.3) is 0 Å². The van der Waals surface area contributed by atoms with Crippen LogP contribution < -0.4 is 4.74 Å². The maximum absolute atomic E-state index is 12.8. The molecule has 0 saturated heterocycles. The number of aliphatic hydroxyl groups is 1. The molecule has 0 unspecified atom stereocenters. The Labute approximate surface area is 124 Å². The van der Waals surface area contributed by atoms with Gasteiger partial charge in [0, 0.05) is 5.56 Å². The summed E-state index contributed by atoms with van der Waals surface area (Å²) in [6.07, 6.45) is -12.3. The van der Waals surface area contributed by atoms with Gasteiger partial charge in [-0.05, 0) is 41.9 Å². The van der Waals surface area contributed by atoms with Crippen molar-refractivity contribution >= 4 is 15.9 Å². The van der Waals surface area contributed by atoms with Gasteiger partial charge in [-0.2, -0.15) is 26.3 Å². The third-order valence-corrected chi connectivity index (χ3v) is 3.19. The van der Waals surface area contributed by atoms with Gasteiger partial charge >= 0.3 is 12.4 Å². The lowest BCUT2D eigenvalue weighted by molar-refractivity contribution is -0.376. The first-order chi connectivity index (χ1) is 9.30. The SMILES string of the molecule is CC(C)Oc1cc(C(O)(C(F)(F)F)C(F)(F)F)ccc1Br. The number of rotatable bonds is 3. The van der Waals surface area contributed by atoms with E-state index in [1.807, 2.05) is 0 Å². The monoisotopic (exact) mass is 380 g/mol. The average Bonchev–Trinajstić information content (AvgIpc) is 2.27. The molecule has 21 heavy (non-hydrogen) atoms. The summed E-state index contributed by atoms with van der Waals surface area (Å²) in [4.78, 5) is 0. The van der Waals surface area contributed by atoms with E-state index >= 15 is 0 Å². The van der Waals surface area contributed by atoms with E-state index in [0.29, 0.717) is 12.1 Å². The molecule has 1 aromatic carbocycles. The van der Waals surface area contributed by atoms with Gasteiger partial charge in [-0.1, -0.05) is 6.07 Å². The molecule has 0 atom stereocenters. The Bertz CT molecular complexity index is 495. The summed E-state index contributed by atoms with van der Waals surface area (Å²) in [6.45, 7) is 3.11. The minimum Gasteiger partial charge on any atom is -0.490 e. The van der Waals surface area contributed by atoms with Crippen LogP contribution in [0.15, 0.2) is 22.7 Å². The Morgan fingerprint density at radius 1 is 1.05 bits per heavy atom. The second kappa shape index (κ2) is 5.68. The zero-order valence-corrected chi connectivity index (χ0v) is 12.4. The molecule has 0 aromatic heterocycles. The molecule has 0 fully saturated rings. The normalized spacial score (nSPS) is 13.7. The van der Waals surface area contributed by atoms with E-state index in [0.717, 1.165) is 6.07 Å². The Kier molecular flexibility index (Phi) is 4.89. The smallest absolute Gasteiger partial charge is 0.430 e. The van der Waals surface area contributed by atoms with Crippen LogP contribution in [0.5, 0.6) is 5.75 Å². The Morgan fingerprint density at radius 3 is 1.90 bits per heavy atom. The number of ether oxygens (including phenoxy) is 1. The molecule has 0 radical (unpaired) electrons. The predicted molar refractivity (Wildman–Crippen MR) is 65.9 cm³/mol. The van der Waals surface area contributed by atoms with Crippen molar-refractivity contribution in [2.75, 3.05) is 0 Å². The highest BCUT2D eigenvalue weighted by Crippen LogP contribution is 2.51. The van der Waals surface area contributed by atoms with E-state index in [1.54, 1.807) is 13.8 Å². The van der Waals surface area contributed by atoms with Crippen molar-refractivity contribution < 1.29 is 36.2 Å². The van der Waals surface area contributed by atoms with E-state index < -0.39 is 29.6 Å². The van der Waals surface area contributed by atoms with Crippen LogP contribution in [0, 0.1) is 0 Å². The summed E-state index contributed by atoms with van der Waals surface area (Å²) in [5.74, 6) is -0.227. The quantitative estimate of drug-likeness (QED) is 0.779. The molecule has 0 bridgehead atoms. The molecule has 1 rings (SSSR count). The Hall–Kier alpha value is -0.960. The van der Waals surface area contributed by atoms with E-state index in [2.05, 4.69) is 15.9 Å². The first kappa shape index (κ1) is 18.1. The molecule has 0 aliphatic heterocycles. The van der Waals surface area contributed by atoms with Crippen molar-refractivity contribution in [2.24, 2.45) is 0 Å². The Balaban J connectivity index is 3.48. The van der Waals surface area contributed by atoms with Crippen LogP contribution in [0.3, 0.4) is 0 Å². The minimum atomic E-state index is -5.92. The topological polar surface area (TPSA) is 29.5 Å². The zero-order valence-electron chi connectivity index (χ0n) is 10.8. The second-order valence-electron chi connectivity index (χ2n) is 4.52. The van der Waals surface area contributed by atoms with Crippen molar-refractivity contribution in [3.05, 3.63) is 28.2 Å². The van der Waals surface area contributed by atoms with Crippen LogP contribution in [0.1, 0.15) is 19.4 Å². The summed E-state index contributed by atoms with van der Waals surface area (Å²) < 4.78 is 81.8. The molecule has 1 N–H and O–H groups in total. The molecule has 0 saturated carbocycles. The average molecular weight is 381 g/mol. The largest absolute Gasteiger partial charge is 0.490 e. The van der Waals surface area contributed by atoms with Crippen LogP contribution in [0.4, 0.5) is 26.3 Å². The lowest BCUT2D eigenvalue weighted by Gasteiger charge is -2.33. The molecular weight excluding hydrogens is 370 g/mol. The van der Waals surface area contributed by atoms with Crippen molar-refractivity contribution in [1.82, 2.24) is 0 Å². The van der Waals surface area contributed by atoms with Gasteiger partial charge in [-0.3, -0.25) is 0 Å². The third-order valence-electron chi connectivity index (χ3n) is 2.53. The molecule has 9 heteroatoms. The van der Waals surface area contributed by atoms with Gasteiger partial charge < -0.3 is 9.84 Å². The van der Waals surface area contributed by atoms with Crippen LogP contribution in [0.2, 0.25) is 0 Å². The predicted octanol–water partition coefficient (Wildman–Crippen LogP) is 4.55. The fourth-order valence-electron chi connectivity index (χ4n) is 1.56. The zero-order chi connectivity index (χ0) is 16.6. The minimum absolute atomic E-state index is 0.173. The first-order valence-corrected chi connectivity index (χ1v) is 6.42. The molecule has 0 heterocycles. The molecule has 0 aliphatic rings. The first-order valence-electron chi connectivity index (χ1n) is 5.63. The summed E-state index contributed by atoms with van der Waals surface area (Å²) in [6, 6.07) is 2.01. The number of benzene rings is 1. The molecule has 120 valence electrons. The van der Waals surface area contributed by atoms with E-state index in [4.69, 9.17) is 4.74 Å². The van der Waals surface area contributed by atoms with Crippen molar-refractivity contribution in [1.29, 1.82) is 0 Å². The van der Waals surface area contributed by atoms with E-state index in [9.17, 15) is 31.4 Å². The third kappa shape index (κ3) is 3.45. The Morgan fingerprint density at radius 2 is 1.52 bits per heavy atom. The highest BCUT2D eigenvalue weighted by Gasteiger charge is 2.71.